The number of aromatic nitrogens is 2. The standard InChI is InChI=1S/C18H15ClN4O5S/c19-11-3-1-10(2-4-11)17-22-14(28-23-17)5-6-15(25)27-9-13(24)21-18-12(16(20)26)7-8-29-18/h1-4,7-8H,5-6,9H2,(H2,20,26)(H,21,24). The summed E-state index contributed by atoms with van der Waals surface area (Å²) in [7, 11) is 0. The van der Waals surface area contributed by atoms with E-state index in [1.54, 1.807) is 29.6 Å². The molecule has 0 unspecified atom stereocenters. The second-order valence-electron chi connectivity index (χ2n) is 5.76. The lowest BCUT2D eigenvalue weighted by Crippen LogP contribution is -2.22. The van der Waals surface area contributed by atoms with E-state index in [4.69, 9.17) is 26.6 Å². The first-order valence-corrected chi connectivity index (χ1v) is 9.59. The fourth-order valence-corrected chi connectivity index (χ4v) is 3.20. The number of ether oxygens (including phenoxy) is 1. The van der Waals surface area contributed by atoms with Gasteiger partial charge in [-0.05, 0) is 35.7 Å². The van der Waals surface area contributed by atoms with Crippen LogP contribution in [-0.4, -0.2) is 34.5 Å². The number of carbonyl (C=O) groups is 3. The number of primary amides is 1. The van der Waals surface area contributed by atoms with E-state index >= 15 is 0 Å². The van der Waals surface area contributed by atoms with Crippen molar-refractivity contribution in [2.45, 2.75) is 12.8 Å². The van der Waals surface area contributed by atoms with Crippen molar-refractivity contribution in [1.29, 1.82) is 0 Å². The van der Waals surface area contributed by atoms with Crippen LogP contribution in [0.25, 0.3) is 11.4 Å². The molecule has 0 aliphatic rings. The Bertz CT molecular complexity index is 1030. The van der Waals surface area contributed by atoms with Gasteiger partial charge in [0.2, 0.25) is 11.7 Å². The van der Waals surface area contributed by atoms with Crippen molar-refractivity contribution in [2.24, 2.45) is 5.73 Å². The van der Waals surface area contributed by atoms with Gasteiger partial charge in [-0.2, -0.15) is 4.98 Å². The third-order valence-electron chi connectivity index (χ3n) is 3.66. The van der Waals surface area contributed by atoms with Crippen LogP contribution in [0.15, 0.2) is 40.2 Å². The molecule has 0 spiro atoms. The van der Waals surface area contributed by atoms with Gasteiger partial charge in [0.15, 0.2) is 6.61 Å². The summed E-state index contributed by atoms with van der Waals surface area (Å²) in [6.45, 7) is -0.491. The van der Waals surface area contributed by atoms with Gasteiger partial charge in [-0.1, -0.05) is 16.8 Å². The van der Waals surface area contributed by atoms with Crippen molar-refractivity contribution in [2.75, 3.05) is 11.9 Å². The summed E-state index contributed by atoms with van der Waals surface area (Å²) in [4.78, 5) is 39.1. The molecule has 11 heteroatoms. The number of nitrogens with zero attached hydrogens (tertiary/aromatic N) is 2. The Morgan fingerprint density at radius 2 is 1.97 bits per heavy atom. The molecule has 2 heterocycles. The third kappa shape index (κ3) is 5.62. The van der Waals surface area contributed by atoms with Gasteiger partial charge < -0.3 is 20.3 Å². The number of aryl methyl sites for hydroxylation is 1. The lowest BCUT2D eigenvalue weighted by atomic mass is 10.2. The molecule has 0 aliphatic carbocycles. The predicted molar refractivity (Wildman–Crippen MR) is 105 cm³/mol. The van der Waals surface area contributed by atoms with Gasteiger partial charge in [0.25, 0.3) is 11.8 Å². The fourth-order valence-electron chi connectivity index (χ4n) is 2.26. The van der Waals surface area contributed by atoms with Crippen molar-refractivity contribution < 1.29 is 23.6 Å². The SMILES string of the molecule is NC(=O)c1ccsc1NC(=O)COC(=O)CCc1nc(-c2ccc(Cl)cc2)no1. The molecular formula is C18H15ClN4O5S. The third-order valence-corrected chi connectivity index (χ3v) is 4.74. The summed E-state index contributed by atoms with van der Waals surface area (Å²) in [5, 5.41) is 8.84. The quantitative estimate of drug-likeness (QED) is 0.520. The molecule has 0 saturated carbocycles. The van der Waals surface area contributed by atoms with Crippen LogP contribution < -0.4 is 11.1 Å². The molecule has 3 N–H and O–H groups in total. The molecule has 0 bridgehead atoms. The van der Waals surface area contributed by atoms with Crippen LogP contribution in [0.4, 0.5) is 5.00 Å². The predicted octanol–water partition coefficient (Wildman–Crippen LogP) is 2.66. The molecular weight excluding hydrogens is 420 g/mol. The molecule has 0 aliphatic heterocycles. The highest BCUT2D eigenvalue weighted by atomic mass is 35.5. The molecule has 3 aromatic rings. The highest BCUT2D eigenvalue weighted by molar-refractivity contribution is 7.14. The van der Waals surface area contributed by atoms with Crippen LogP contribution in [0, 0.1) is 0 Å². The Morgan fingerprint density at radius 3 is 2.69 bits per heavy atom. The average molecular weight is 435 g/mol. The number of benzene rings is 1. The van der Waals surface area contributed by atoms with Gasteiger partial charge in [-0.15, -0.1) is 11.3 Å². The Morgan fingerprint density at radius 1 is 1.21 bits per heavy atom. The minimum atomic E-state index is -0.656. The van der Waals surface area contributed by atoms with Crippen molar-refractivity contribution in [3.05, 3.63) is 52.2 Å². The number of thiophene rings is 1. The number of hydrogen-bond donors (Lipinski definition) is 2. The van der Waals surface area contributed by atoms with E-state index in [0.717, 1.165) is 16.9 Å². The van der Waals surface area contributed by atoms with Crippen LogP contribution in [0.5, 0.6) is 0 Å². The zero-order chi connectivity index (χ0) is 20.8. The summed E-state index contributed by atoms with van der Waals surface area (Å²) in [5.41, 5.74) is 6.13. The molecule has 3 rings (SSSR count). The molecule has 150 valence electrons. The number of halogens is 1. The number of hydrogen-bond acceptors (Lipinski definition) is 8. The summed E-state index contributed by atoms with van der Waals surface area (Å²) >= 11 is 6.98. The second-order valence-corrected chi connectivity index (χ2v) is 7.11. The number of esters is 1. The molecule has 0 saturated heterocycles. The number of rotatable bonds is 8. The second kappa shape index (κ2) is 9.30. The number of nitrogens with two attached hydrogens (primary N) is 1. The van der Waals surface area contributed by atoms with E-state index in [2.05, 4.69) is 15.5 Å². The highest BCUT2D eigenvalue weighted by Crippen LogP contribution is 2.22. The first-order valence-electron chi connectivity index (χ1n) is 8.33. The van der Waals surface area contributed by atoms with Crippen LogP contribution in [0.3, 0.4) is 0 Å². The molecule has 1 aromatic carbocycles. The van der Waals surface area contributed by atoms with E-state index in [0.29, 0.717) is 15.8 Å². The van der Waals surface area contributed by atoms with Crippen molar-refractivity contribution in [1.82, 2.24) is 10.1 Å². The average Bonchev–Trinajstić information content (AvgIpc) is 3.35. The molecule has 0 radical (unpaired) electrons. The molecule has 29 heavy (non-hydrogen) atoms. The largest absolute Gasteiger partial charge is 0.456 e. The van der Waals surface area contributed by atoms with Crippen LogP contribution in [-0.2, 0) is 20.7 Å². The summed E-state index contributed by atoms with van der Waals surface area (Å²) in [6.07, 6.45) is 0.124. The maximum absolute atomic E-state index is 11.9. The zero-order valence-electron chi connectivity index (χ0n) is 14.9. The van der Waals surface area contributed by atoms with Crippen LogP contribution >= 0.6 is 22.9 Å². The number of amides is 2. The minimum Gasteiger partial charge on any atom is -0.456 e. The van der Waals surface area contributed by atoms with E-state index in [1.807, 2.05) is 0 Å². The smallest absolute Gasteiger partial charge is 0.306 e. The van der Waals surface area contributed by atoms with Gasteiger partial charge in [0.1, 0.15) is 5.00 Å². The fraction of sp³-hybridized carbons (Fsp3) is 0.167. The van der Waals surface area contributed by atoms with Gasteiger partial charge in [-0.25, -0.2) is 0 Å². The first kappa shape index (κ1) is 20.5. The summed E-state index contributed by atoms with van der Waals surface area (Å²) in [5.74, 6) is -1.19. The maximum atomic E-state index is 11.9. The lowest BCUT2D eigenvalue weighted by molar-refractivity contribution is -0.147. The monoisotopic (exact) mass is 434 g/mol. The molecule has 2 amide bonds. The Hall–Kier alpha value is -3.24. The first-order chi connectivity index (χ1) is 13.9. The molecule has 0 fully saturated rings. The highest BCUT2D eigenvalue weighted by Gasteiger charge is 2.15. The topological polar surface area (TPSA) is 137 Å². The van der Waals surface area contributed by atoms with E-state index in [1.165, 1.54) is 6.07 Å². The van der Waals surface area contributed by atoms with Crippen molar-refractivity contribution in [3.8, 4) is 11.4 Å². The van der Waals surface area contributed by atoms with Crippen LogP contribution in [0.2, 0.25) is 5.02 Å². The Balaban J connectivity index is 1.44. The minimum absolute atomic E-state index is 0.0406. The van der Waals surface area contributed by atoms with Crippen molar-refractivity contribution >= 4 is 45.7 Å². The van der Waals surface area contributed by atoms with E-state index < -0.39 is 24.4 Å². The zero-order valence-corrected chi connectivity index (χ0v) is 16.5. The van der Waals surface area contributed by atoms with Gasteiger partial charge in [0.05, 0.1) is 12.0 Å². The van der Waals surface area contributed by atoms with Crippen molar-refractivity contribution in [3.63, 3.8) is 0 Å². The number of carbonyl (C=O) groups excluding carboxylic acids is 3. The number of nitrogens with one attached hydrogen (secondary N) is 1. The molecule has 9 nitrogen and oxygen atoms in total. The van der Waals surface area contributed by atoms with E-state index in [9.17, 15) is 14.4 Å². The summed E-state index contributed by atoms with van der Waals surface area (Å²) < 4.78 is 10.0. The molecule has 2 aromatic heterocycles. The Kier molecular flexibility index (Phi) is 6.57. The Labute approximate surface area is 173 Å². The van der Waals surface area contributed by atoms with Gasteiger partial charge >= 0.3 is 5.97 Å². The molecule has 0 atom stereocenters. The summed E-state index contributed by atoms with van der Waals surface area (Å²) in [6, 6.07) is 8.41. The van der Waals surface area contributed by atoms with E-state index in [-0.39, 0.29) is 24.3 Å². The van der Waals surface area contributed by atoms with Gasteiger partial charge in [-0.3, -0.25) is 14.4 Å². The number of anilines is 1. The van der Waals surface area contributed by atoms with Crippen LogP contribution in [0.1, 0.15) is 22.7 Å². The lowest BCUT2D eigenvalue weighted by Gasteiger charge is -2.05. The van der Waals surface area contributed by atoms with Gasteiger partial charge in [0, 0.05) is 17.0 Å². The normalized spacial score (nSPS) is 10.5. The maximum Gasteiger partial charge on any atom is 0.306 e.